The van der Waals surface area contributed by atoms with Gasteiger partial charge in [-0.25, -0.2) is 4.79 Å². The van der Waals surface area contributed by atoms with Crippen LogP contribution in [-0.2, 0) is 19.7 Å². The Morgan fingerprint density at radius 1 is 1.05 bits per heavy atom. The van der Waals surface area contributed by atoms with E-state index in [1.165, 1.54) is 24.0 Å². The number of aliphatic imine (C=N–C) groups is 1. The average molecular weight is 596 g/mol. The summed E-state index contributed by atoms with van der Waals surface area (Å²) in [6, 6.07) is 10.9. The number of carbonyl (C=O) groups is 3. The minimum atomic E-state index is -4.33. The van der Waals surface area contributed by atoms with E-state index in [9.17, 15) is 27.4 Å². The molecule has 1 saturated carbocycles. The molecule has 12 heteroatoms. The number of urea groups is 1. The maximum absolute atomic E-state index is 14.0. The van der Waals surface area contributed by atoms with Gasteiger partial charge in [0.2, 0.25) is 12.1 Å². The number of benzene rings is 2. The largest absolute Gasteiger partial charge is 0.341 e. The third-order valence-electron chi connectivity index (χ3n) is 8.62. The quantitative estimate of drug-likeness (QED) is 0.432. The molecule has 11 nitrogen and oxygen atoms in total. The molecule has 2 saturated heterocycles. The number of nitrogens with zero attached hydrogens (tertiary/aromatic N) is 3. The topological polar surface area (TPSA) is 148 Å². The standard InChI is InChI=1S/C30H37N5O6S/c1-18-6-4-9-25-19(2)31-28(33-30(38)32-24-8-5-7-23(14-24)20(3)42(39,40)41)29(37)35(27(18)25)17-26(36)34-15-21-10-11-22(16-34)13-12-21/h4-9,14,20-22,28H,10-13,15-17H2,1-3H3,(H2,32,33,38)(H,39,40,41)/t20?,21?,22?,28-/m0/s1. The molecule has 4 aliphatic rings. The van der Waals surface area contributed by atoms with E-state index in [1.807, 2.05) is 30.0 Å². The van der Waals surface area contributed by atoms with Crippen LogP contribution in [0.3, 0.4) is 0 Å². The monoisotopic (exact) mass is 595 g/mol. The smallest absolute Gasteiger partial charge is 0.321 e. The zero-order chi connectivity index (χ0) is 30.2. The van der Waals surface area contributed by atoms with Crippen LogP contribution < -0.4 is 15.5 Å². The van der Waals surface area contributed by atoms with Gasteiger partial charge >= 0.3 is 6.03 Å². The number of aryl methyl sites for hydroxylation is 1. The Balaban J connectivity index is 1.37. The van der Waals surface area contributed by atoms with Gasteiger partial charge in [0.15, 0.2) is 0 Å². The van der Waals surface area contributed by atoms with Crippen LogP contribution in [0.1, 0.15) is 61.5 Å². The highest BCUT2D eigenvalue weighted by Crippen LogP contribution is 2.35. The lowest BCUT2D eigenvalue weighted by atomic mass is 9.84. The lowest BCUT2D eigenvalue weighted by Crippen LogP contribution is -2.52. The SMILES string of the molecule is CC1=N[C@@H](NC(=O)Nc2cccc(C(C)S(=O)(=O)O)c2)C(=O)N(CC(=O)N2CC3CCC(CC3)C2)c2c(C)cccc21. The van der Waals surface area contributed by atoms with Crippen LogP contribution in [0.5, 0.6) is 0 Å². The molecule has 3 heterocycles. The van der Waals surface area contributed by atoms with Gasteiger partial charge in [-0.15, -0.1) is 0 Å². The summed E-state index contributed by atoms with van der Waals surface area (Å²) in [6.45, 7) is 6.22. The van der Waals surface area contributed by atoms with Gasteiger partial charge < -0.3 is 15.5 Å². The third-order valence-corrected chi connectivity index (χ3v) is 9.78. The first-order valence-electron chi connectivity index (χ1n) is 14.3. The molecule has 1 unspecified atom stereocenters. The Morgan fingerprint density at radius 2 is 1.69 bits per heavy atom. The summed E-state index contributed by atoms with van der Waals surface area (Å²) in [7, 11) is -4.33. The van der Waals surface area contributed by atoms with Crippen LogP contribution in [0.4, 0.5) is 16.2 Å². The van der Waals surface area contributed by atoms with E-state index >= 15 is 0 Å². The van der Waals surface area contributed by atoms with Crippen molar-refractivity contribution in [2.24, 2.45) is 16.8 Å². The second-order valence-electron chi connectivity index (χ2n) is 11.6. The summed E-state index contributed by atoms with van der Waals surface area (Å²) >= 11 is 0. The average Bonchev–Trinajstić information content (AvgIpc) is 3.32. The fraction of sp³-hybridized carbons (Fsp3) is 0.467. The number of para-hydroxylation sites is 1. The third kappa shape index (κ3) is 6.34. The zero-order valence-electron chi connectivity index (χ0n) is 24.0. The van der Waals surface area contributed by atoms with E-state index < -0.39 is 33.5 Å². The van der Waals surface area contributed by atoms with Gasteiger partial charge in [0, 0.05) is 30.1 Å². The summed E-state index contributed by atoms with van der Waals surface area (Å²) < 4.78 is 32.6. The maximum atomic E-state index is 14.0. The number of hydrogen-bond acceptors (Lipinski definition) is 6. The molecule has 0 aromatic heterocycles. The van der Waals surface area contributed by atoms with Crippen LogP contribution in [0.15, 0.2) is 47.5 Å². The van der Waals surface area contributed by atoms with Crippen molar-refractivity contribution in [1.82, 2.24) is 10.2 Å². The van der Waals surface area contributed by atoms with E-state index in [4.69, 9.17) is 0 Å². The Bertz CT molecular complexity index is 1520. The first-order valence-corrected chi connectivity index (χ1v) is 15.8. The molecule has 0 radical (unpaired) electrons. The van der Waals surface area contributed by atoms with Gasteiger partial charge in [-0.3, -0.25) is 24.0 Å². The van der Waals surface area contributed by atoms with E-state index in [1.54, 1.807) is 19.1 Å². The second-order valence-corrected chi connectivity index (χ2v) is 13.3. The normalized spacial score (nSPS) is 22.9. The summed E-state index contributed by atoms with van der Waals surface area (Å²) in [5, 5.41) is 4.04. The molecule has 6 rings (SSSR count). The van der Waals surface area contributed by atoms with Crippen LogP contribution >= 0.6 is 0 Å². The molecule has 1 aliphatic carbocycles. The number of amides is 4. The van der Waals surface area contributed by atoms with Crippen LogP contribution in [0.2, 0.25) is 0 Å². The molecular formula is C30H37N5O6S. The highest BCUT2D eigenvalue weighted by atomic mass is 32.2. The summed E-state index contributed by atoms with van der Waals surface area (Å²) in [5.74, 6) is 0.328. The van der Waals surface area contributed by atoms with Gasteiger partial charge in [0.1, 0.15) is 11.8 Å². The lowest BCUT2D eigenvalue weighted by Gasteiger charge is -2.30. The number of anilines is 2. The molecule has 2 atom stereocenters. The van der Waals surface area contributed by atoms with Crippen molar-refractivity contribution in [2.75, 3.05) is 29.9 Å². The number of nitrogens with one attached hydrogen (secondary N) is 2. The Hall–Kier alpha value is -3.77. The number of hydrogen-bond donors (Lipinski definition) is 3. The van der Waals surface area contributed by atoms with E-state index in [0.717, 1.165) is 31.2 Å². The van der Waals surface area contributed by atoms with Crippen LogP contribution in [0.25, 0.3) is 0 Å². The van der Waals surface area contributed by atoms with E-state index in [2.05, 4.69) is 15.6 Å². The first kappa shape index (κ1) is 29.7. The van der Waals surface area contributed by atoms with E-state index in [0.29, 0.717) is 41.9 Å². The summed E-state index contributed by atoms with van der Waals surface area (Å²) in [4.78, 5) is 48.6. The predicted octanol–water partition coefficient (Wildman–Crippen LogP) is 3.90. The lowest BCUT2D eigenvalue weighted by molar-refractivity contribution is -0.132. The maximum Gasteiger partial charge on any atom is 0.321 e. The van der Waals surface area contributed by atoms with Crippen molar-refractivity contribution in [3.05, 3.63) is 59.2 Å². The van der Waals surface area contributed by atoms with Crippen LogP contribution in [-0.4, -0.2) is 67.2 Å². The Labute approximate surface area is 246 Å². The molecule has 2 aromatic rings. The molecular weight excluding hydrogens is 558 g/mol. The second kappa shape index (κ2) is 11.8. The summed E-state index contributed by atoms with van der Waals surface area (Å²) in [5.41, 5.74) is 3.22. The van der Waals surface area contributed by atoms with Crippen LogP contribution in [0, 0.1) is 18.8 Å². The molecule has 3 fully saturated rings. The van der Waals surface area contributed by atoms with Crippen molar-refractivity contribution in [1.29, 1.82) is 0 Å². The molecule has 2 aromatic carbocycles. The predicted molar refractivity (Wildman–Crippen MR) is 160 cm³/mol. The molecule has 2 bridgehead atoms. The Morgan fingerprint density at radius 3 is 2.33 bits per heavy atom. The van der Waals surface area contributed by atoms with Gasteiger partial charge in [0.25, 0.3) is 16.0 Å². The number of rotatable bonds is 6. The summed E-state index contributed by atoms with van der Waals surface area (Å²) in [6.07, 6.45) is 3.22. The van der Waals surface area contributed by atoms with Crippen molar-refractivity contribution in [3.63, 3.8) is 0 Å². The first-order chi connectivity index (χ1) is 19.9. The highest BCUT2D eigenvalue weighted by molar-refractivity contribution is 7.86. The van der Waals surface area contributed by atoms with Gasteiger partial charge in [0.05, 0.1) is 5.69 Å². The van der Waals surface area contributed by atoms with Gasteiger partial charge in [-0.1, -0.05) is 30.3 Å². The van der Waals surface area contributed by atoms with Crippen molar-refractivity contribution in [2.45, 2.75) is 57.9 Å². The molecule has 42 heavy (non-hydrogen) atoms. The van der Waals surface area contributed by atoms with Crippen molar-refractivity contribution in [3.8, 4) is 0 Å². The number of benzodiazepines with no additional fused rings is 1. The van der Waals surface area contributed by atoms with Crippen molar-refractivity contribution < 1.29 is 27.4 Å². The number of carbonyl (C=O) groups excluding carboxylic acids is 3. The molecule has 4 amide bonds. The molecule has 0 spiro atoms. The molecule has 3 N–H and O–H groups in total. The fourth-order valence-corrected chi connectivity index (χ4v) is 6.69. The molecule has 224 valence electrons. The molecule has 3 aliphatic heterocycles. The minimum absolute atomic E-state index is 0.121. The zero-order valence-corrected chi connectivity index (χ0v) is 24.9. The van der Waals surface area contributed by atoms with Gasteiger partial charge in [-0.2, -0.15) is 8.42 Å². The van der Waals surface area contributed by atoms with Crippen molar-refractivity contribution >= 4 is 45.1 Å². The minimum Gasteiger partial charge on any atom is -0.341 e. The fourth-order valence-electron chi connectivity index (χ4n) is 6.20. The van der Waals surface area contributed by atoms with Gasteiger partial charge in [-0.05, 0) is 81.5 Å². The Kier molecular flexibility index (Phi) is 8.38. The van der Waals surface area contributed by atoms with E-state index in [-0.39, 0.29) is 23.7 Å². The number of fused-ring (bicyclic) bond motifs is 5. The highest BCUT2D eigenvalue weighted by Gasteiger charge is 2.37.